The van der Waals surface area contributed by atoms with Crippen molar-refractivity contribution in [1.29, 1.82) is 10.5 Å². The highest BCUT2D eigenvalue weighted by atomic mass is 15.1. The third-order valence-corrected chi connectivity index (χ3v) is 14.7. The van der Waals surface area contributed by atoms with E-state index in [1.807, 2.05) is 0 Å². The van der Waals surface area contributed by atoms with Crippen LogP contribution in [0.5, 0.6) is 0 Å². The summed E-state index contributed by atoms with van der Waals surface area (Å²) in [6.45, 7) is 0. The molecule has 0 spiro atoms. The molecule has 0 bridgehead atoms. The SMILES string of the molecule is N#Cc1cnc(-c2c(-n3c4ccccc4c4ccccc43)c(-c3cnc(C#N)cn3)c(-n3c4ccccc4c4ccccc43)c(-n3c4ccccc4c4ccccc43)c2-n2c3ccccc3c3ccccc32)cn1. The normalized spacial score (nSPS) is 11.8. The van der Waals surface area contributed by atoms with Crippen LogP contribution < -0.4 is 0 Å². The van der Waals surface area contributed by atoms with Crippen LogP contribution >= 0.6 is 0 Å². The molecule has 6 heterocycles. The van der Waals surface area contributed by atoms with E-state index in [0.717, 1.165) is 121 Å². The van der Waals surface area contributed by atoms with Gasteiger partial charge in [-0.15, -0.1) is 0 Å². The minimum atomic E-state index is 0.188. The molecule has 9 aromatic carbocycles. The molecule has 10 nitrogen and oxygen atoms in total. The second-order valence-corrected chi connectivity index (χ2v) is 18.4. The van der Waals surface area contributed by atoms with Crippen LogP contribution in [-0.4, -0.2) is 38.2 Å². The third kappa shape index (κ3) is 5.73. The Labute approximate surface area is 421 Å². The summed E-state index contributed by atoms with van der Waals surface area (Å²) in [6.07, 6.45) is 6.57. The van der Waals surface area contributed by atoms with Gasteiger partial charge in [0.2, 0.25) is 0 Å². The molecular weight excluding hydrogens is 909 g/mol. The summed E-state index contributed by atoms with van der Waals surface area (Å²) >= 11 is 0. The Bertz CT molecular complexity index is 4510. The van der Waals surface area contributed by atoms with Crippen LogP contribution in [0.2, 0.25) is 0 Å². The fourth-order valence-electron chi connectivity index (χ4n) is 11.7. The summed E-state index contributed by atoms with van der Waals surface area (Å²) in [4.78, 5) is 20.2. The number of benzene rings is 9. The first-order chi connectivity index (χ1) is 36.7. The standard InChI is InChI=1S/C64H36N10/c65-33-39-35-69-49(37-67-39)59-61(71-51-25-9-1-17-41(51)42-18-2-10-26-52(42)71)60(50-38-68-40(34-66)36-70-50)63(73-55-29-13-5-21-45(55)46-22-6-14-30-56(46)73)64(74-57-31-15-7-23-47(57)48-24-8-16-32-58(48)74)62(59)72-53-27-11-3-19-43(53)44-20-4-12-28-54(44)72/h1-32,35-38H. The van der Waals surface area contributed by atoms with Crippen molar-refractivity contribution in [3.8, 4) is 57.4 Å². The fourth-order valence-corrected chi connectivity index (χ4v) is 11.7. The molecule has 6 aromatic heterocycles. The molecule has 0 saturated carbocycles. The van der Waals surface area contributed by atoms with Gasteiger partial charge in [-0.1, -0.05) is 146 Å². The number of aromatic nitrogens is 8. The van der Waals surface area contributed by atoms with Gasteiger partial charge in [0.05, 0.1) is 114 Å². The van der Waals surface area contributed by atoms with Gasteiger partial charge in [0, 0.05) is 43.1 Å². The molecule has 0 atom stereocenters. The molecule has 0 radical (unpaired) electrons. The number of hydrogen-bond acceptors (Lipinski definition) is 6. The third-order valence-electron chi connectivity index (χ3n) is 14.7. The Morgan fingerprint density at radius 3 is 0.716 bits per heavy atom. The molecule has 0 aliphatic rings. The van der Waals surface area contributed by atoms with Gasteiger partial charge in [-0.2, -0.15) is 10.5 Å². The topological polar surface area (TPSA) is 119 Å². The van der Waals surface area contributed by atoms with Gasteiger partial charge in [0.25, 0.3) is 0 Å². The minimum absolute atomic E-state index is 0.188. The van der Waals surface area contributed by atoms with E-state index in [-0.39, 0.29) is 11.4 Å². The second-order valence-electron chi connectivity index (χ2n) is 18.4. The van der Waals surface area contributed by atoms with Crippen LogP contribution in [0.1, 0.15) is 11.4 Å². The summed E-state index contributed by atoms with van der Waals surface area (Å²) < 4.78 is 9.57. The highest BCUT2D eigenvalue weighted by Gasteiger charge is 2.36. The summed E-state index contributed by atoms with van der Waals surface area (Å²) in [5.74, 6) is 0. The summed E-state index contributed by atoms with van der Waals surface area (Å²) in [7, 11) is 0. The number of nitriles is 2. The molecule has 0 aliphatic carbocycles. The number of hydrogen-bond donors (Lipinski definition) is 0. The molecule has 0 saturated heterocycles. The maximum absolute atomic E-state index is 10.3. The van der Waals surface area contributed by atoms with Crippen molar-refractivity contribution in [2.75, 3.05) is 0 Å². The molecule has 0 unspecified atom stereocenters. The Morgan fingerprint density at radius 2 is 0.486 bits per heavy atom. The van der Waals surface area contributed by atoms with Crippen LogP contribution in [0.4, 0.5) is 0 Å². The van der Waals surface area contributed by atoms with Gasteiger partial charge in [0.15, 0.2) is 11.4 Å². The van der Waals surface area contributed by atoms with Crippen molar-refractivity contribution in [3.05, 3.63) is 230 Å². The molecule has 74 heavy (non-hydrogen) atoms. The van der Waals surface area contributed by atoms with E-state index >= 15 is 0 Å². The van der Waals surface area contributed by atoms with Crippen LogP contribution in [0.3, 0.4) is 0 Å². The predicted molar refractivity (Wildman–Crippen MR) is 295 cm³/mol. The van der Waals surface area contributed by atoms with E-state index in [2.05, 4.69) is 225 Å². The Hall–Kier alpha value is -10.7. The zero-order chi connectivity index (χ0) is 49.0. The number of para-hydroxylation sites is 8. The van der Waals surface area contributed by atoms with Gasteiger partial charge in [-0.25, -0.2) is 9.97 Å². The van der Waals surface area contributed by atoms with E-state index in [1.54, 1.807) is 24.8 Å². The lowest BCUT2D eigenvalue weighted by molar-refractivity contribution is 1.03. The van der Waals surface area contributed by atoms with Gasteiger partial charge in [-0.05, 0) is 48.5 Å². The van der Waals surface area contributed by atoms with Gasteiger partial charge in [-0.3, -0.25) is 9.97 Å². The fraction of sp³-hybridized carbons (Fsp3) is 0. The zero-order valence-corrected chi connectivity index (χ0v) is 39.3. The molecule has 10 heteroatoms. The van der Waals surface area contributed by atoms with Crippen LogP contribution in [0.15, 0.2) is 219 Å². The zero-order valence-electron chi connectivity index (χ0n) is 39.3. The second kappa shape index (κ2) is 15.9. The first-order valence-corrected chi connectivity index (χ1v) is 24.3. The van der Waals surface area contributed by atoms with E-state index in [0.29, 0.717) is 11.4 Å². The summed E-state index contributed by atoms with van der Waals surface area (Å²) in [6, 6.07) is 73.0. The van der Waals surface area contributed by atoms with E-state index < -0.39 is 0 Å². The van der Waals surface area contributed by atoms with Crippen molar-refractivity contribution in [2.24, 2.45) is 0 Å². The monoisotopic (exact) mass is 944 g/mol. The number of fused-ring (bicyclic) bond motifs is 12. The van der Waals surface area contributed by atoms with Crippen molar-refractivity contribution in [3.63, 3.8) is 0 Å². The maximum Gasteiger partial charge on any atom is 0.158 e. The maximum atomic E-state index is 10.3. The molecule has 0 amide bonds. The lowest BCUT2D eigenvalue weighted by Crippen LogP contribution is -2.16. The molecular formula is C64H36N10. The first kappa shape index (κ1) is 41.1. The molecule has 0 N–H and O–H groups in total. The summed E-state index contributed by atoms with van der Waals surface area (Å²) in [5, 5.41) is 29.2. The Kier molecular flexibility index (Phi) is 8.85. The highest BCUT2D eigenvalue weighted by Crippen LogP contribution is 2.53. The van der Waals surface area contributed by atoms with Gasteiger partial charge >= 0.3 is 0 Å². The smallest absolute Gasteiger partial charge is 0.158 e. The molecule has 0 aliphatic heterocycles. The van der Waals surface area contributed by atoms with Gasteiger partial charge in [0.1, 0.15) is 12.1 Å². The van der Waals surface area contributed by atoms with E-state index in [9.17, 15) is 10.5 Å². The van der Waals surface area contributed by atoms with E-state index in [1.165, 1.54) is 0 Å². The van der Waals surface area contributed by atoms with Crippen molar-refractivity contribution in [2.45, 2.75) is 0 Å². The molecule has 342 valence electrons. The van der Waals surface area contributed by atoms with Crippen molar-refractivity contribution in [1.82, 2.24) is 38.2 Å². The molecule has 15 aromatic rings. The largest absolute Gasteiger partial charge is 0.308 e. The average Bonchev–Trinajstić information content (AvgIpc) is 4.25. The lowest BCUT2D eigenvalue weighted by Gasteiger charge is -2.30. The molecule has 15 rings (SSSR count). The van der Waals surface area contributed by atoms with E-state index in [4.69, 9.17) is 19.9 Å². The van der Waals surface area contributed by atoms with Crippen molar-refractivity contribution < 1.29 is 0 Å². The molecule has 0 fully saturated rings. The number of rotatable bonds is 6. The van der Waals surface area contributed by atoms with Crippen LogP contribution in [0.25, 0.3) is 132 Å². The quantitative estimate of drug-likeness (QED) is 0.164. The minimum Gasteiger partial charge on any atom is -0.308 e. The number of nitrogens with zero attached hydrogens (tertiary/aromatic N) is 10. The first-order valence-electron chi connectivity index (χ1n) is 24.3. The van der Waals surface area contributed by atoms with Crippen molar-refractivity contribution >= 4 is 87.2 Å². The van der Waals surface area contributed by atoms with Crippen LogP contribution in [0, 0.1) is 22.7 Å². The van der Waals surface area contributed by atoms with Crippen LogP contribution in [-0.2, 0) is 0 Å². The predicted octanol–water partition coefficient (Wildman–Crippen LogP) is 14.7. The summed E-state index contributed by atoms with van der Waals surface area (Å²) in [5.41, 5.74) is 13.8. The van der Waals surface area contributed by atoms with Gasteiger partial charge < -0.3 is 18.3 Å². The average molecular weight is 945 g/mol. The lowest BCUT2D eigenvalue weighted by atomic mass is 9.93. The Balaban J connectivity index is 1.35. The Morgan fingerprint density at radius 1 is 0.257 bits per heavy atom. The highest BCUT2D eigenvalue weighted by molar-refractivity contribution is 6.18.